The molecule has 0 saturated heterocycles. The van der Waals surface area contributed by atoms with Gasteiger partial charge in [0, 0.05) is 31.4 Å². The van der Waals surface area contributed by atoms with Crippen LogP contribution >= 0.6 is 0 Å². The van der Waals surface area contributed by atoms with E-state index < -0.39 is 0 Å². The van der Waals surface area contributed by atoms with Gasteiger partial charge >= 0.3 is 0 Å². The molecule has 2 aromatic rings. The van der Waals surface area contributed by atoms with Gasteiger partial charge in [-0.05, 0) is 30.7 Å². The molecule has 0 aliphatic heterocycles. The van der Waals surface area contributed by atoms with Crippen LogP contribution in [0.4, 0.5) is 0 Å². The molecule has 0 radical (unpaired) electrons. The second kappa shape index (κ2) is 5.17. The van der Waals surface area contributed by atoms with Crippen molar-refractivity contribution in [3.63, 3.8) is 0 Å². The van der Waals surface area contributed by atoms with Crippen molar-refractivity contribution in [3.05, 3.63) is 54.1 Å². The Morgan fingerprint density at radius 3 is 2.89 bits per heavy atom. The zero-order valence-electron chi connectivity index (χ0n) is 11.4. The third kappa shape index (κ3) is 2.56. The van der Waals surface area contributed by atoms with Crippen LogP contribution in [0.2, 0.25) is 0 Å². The molecule has 1 heterocycles. The van der Waals surface area contributed by atoms with Crippen molar-refractivity contribution in [1.29, 1.82) is 0 Å². The van der Waals surface area contributed by atoms with Crippen molar-refractivity contribution in [2.75, 3.05) is 0 Å². The van der Waals surface area contributed by atoms with E-state index in [2.05, 4.69) is 46.8 Å². The van der Waals surface area contributed by atoms with Crippen molar-refractivity contribution in [3.8, 4) is 0 Å². The Hall–Kier alpha value is -1.61. The Morgan fingerprint density at radius 2 is 2.16 bits per heavy atom. The lowest BCUT2D eigenvalue weighted by Gasteiger charge is -2.12. The number of hydrogen-bond acceptors (Lipinski definition) is 2. The first-order valence-corrected chi connectivity index (χ1v) is 7.10. The van der Waals surface area contributed by atoms with Crippen molar-refractivity contribution in [2.24, 2.45) is 11.7 Å². The predicted octanol–water partition coefficient (Wildman–Crippen LogP) is 2.58. The maximum atomic E-state index is 6.37. The normalized spacial score (nSPS) is 23.3. The lowest BCUT2D eigenvalue weighted by Crippen LogP contribution is -2.27. The van der Waals surface area contributed by atoms with Gasteiger partial charge in [0.2, 0.25) is 0 Å². The van der Waals surface area contributed by atoms with Crippen LogP contribution in [0.5, 0.6) is 0 Å². The lowest BCUT2D eigenvalue weighted by molar-refractivity contribution is 0.544. The maximum absolute atomic E-state index is 6.37. The monoisotopic (exact) mass is 255 g/mol. The standard InChI is InChI=1S/C16H21N3/c1-2-19-9-8-18-16(19)11-15(17)14-10-13(14)12-6-4-3-5-7-12/h3-9,13-15H,2,10-11,17H2,1H3. The van der Waals surface area contributed by atoms with Gasteiger partial charge in [-0.25, -0.2) is 4.98 Å². The van der Waals surface area contributed by atoms with E-state index in [1.807, 2.05) is 12.4 Å². The number of rotatable bonds is 5. The van der Waals surface area contributed by atoms with Crippen LogP contribution in [0.25, 0.3) is 0 Å². The molecule has 3 heteroatoms. The van der Waals surface area contributed by atoms with E-state index in [9.17, 15) is 0 Å². The summed E-state index contributed by atoms with van der Waals surface area (Å²) in [5.74, 6) is 2.39. The lowest BCUT2D eigenvalue weighted by atomic mass is 10.0. The summed E-state index contributed by atoms with van der Waals surface area (Å²) in [4.78, 5) is 4.42. The second-order valence-corrected chi connectivity index (χ2v) is 5.41. The summed E-state index contributed by atoms with van der Waals surface area (Å²) in [6, 6.07) is 10.9. The fourth-order valence-electron chi connectivity index (χ4n) is 2.95. The van der Waals surface area contributed by atoms with E-state index in [1.54, 1.807) is 0 Å². The highest BCUT2D eigenvalue weighted by molar-refractivity contribution is 5.26. The average molecular weight is 255 g/mol. The van der Waals surface area contributed by atoms with Crippen LogP contribution in [0.3, 0.4) is 0 Å². The summed E-state index contributed by atoms with van der Waals surface area (Å²) < 4.78 is 2.18. The Bertz CT molecular complexity index is 532. The SMILES string of the molecule is CCn1ccnc1CC(N)C1CC1c1ccccc1. The first-order valence-electron chi connectivity index (χ1n) is 7.10. The molecule has 1 aliphatic rings. The van der Waals surface area contributed by atoms with Crippen LogP contribution in [-0.4, -0.2) is 15.6 Å². The zero-order valence-corrected chi connectivity index (χ0v) is 11.4. The van der Waals surface area contributed by atoms with E-state index in [1.165, 1.54) is 12.0 Å². The summed E-state index contributed by atoms with van der Waals surface area (Å²) in [6.45, 7) is 3.11. The van der Waals surface area contributed by atoms with Crippen molar-refractivity contribution < 1.29 is 0 Å². The molecule has 0 spiro atoms. The molecule has 0 amide bonds. The molecule has 1 aromatic heterocycles. The fraction of sp³-hybridized carbons (Fsp3) is 0.438. The second-order valence-electron chi connectivity index (χ2n) is 5.41. The number of nitrogens with zero attached hydrogens (tertiary/aromatic N) is 2. The summed E-state index contributed by atoms with van der Waals surface area (Å²) in [6.07, 6.45) is 6.00. The molecule has 1 fully saturated rings. The summed E-state index contributed by atoms with van der Waals surface area (Å²) in [5, 5.41) is 0. The molecule has 3 rings (SSSR count). The number of nitrogens with two attached hydrogens (primary N) is 1. The molecule has 100 valence electrons. The van der Waals surface area contributed by atoms with E-state index >= 15 is 0 Å². The minimum absolute atomic E-state index is 0.220. The van der Waals surface area contributed by atoms with Gasteiger partial charge in [0.1, 0.15) is 5.82 Å². The first-order chi connectivity index (χ1) is 9.29. The van der Waals surface area contributed by atoms with Crippen molar-refractivity contribution in [1.82, 2.24) is 9.55 Å². The molecule has 3 nitrogen and oxygen atoms in total. The van der Waals surface area contributed by atoms with E-state index in [4.69, 9.17) is 5.73 Å². The highest BCUT2D eigenvalue weighted by atomic mass is 15.1. The molecular weight excluding hydrogens is 234 g/mol. The number of imidazole rings is 1. The van der Waals surface area contributed by atoms with Gasteiger partial charge < -0.3 is 10.3 Å². The molecule has 1 aromatic carbocycles. The van der Waals surface area contributed by atoms with Crippen molar-refractivity contribution >= 4 is 0 Å². The smallest absolute Gasteiger partial charge is 0.110 e. The molecule has 1 saturated carbocycles. The van der Waals surface area contributed by atoms with Crippen LogP contribution in [-0.2, 0) is 13.0 Å². The molecule has 3 atom stereocenters. The van der Waals surface area contributed by atoms with Gasteiger partial charge in [-0.2, -0.15) is 0 Å². The van der Waals surface area contributed by atoms with Gasteiger partial charge in [-0.3, -0.25) is 0 Å². The highest BCUT2D eigenvalue weighted by Gasteiger charge is 2.42. The Kier molecular flexibility index (Phi) is 3.38. The van der Waals surface area contributed by atoms with Gasteiger partial charge in [-0.1, -0.05) is 30.3 Å². The number of hydrogen-bond donors (Lipinski definition) is 1. The maximum Gasteiger partial charge on any atom is 0.110 e. The number of aryl methyl sites for hydroxylation is 1. The largest absolute Gasteiger partial charge is 0.335 e. The fourth-order valence-corrected chi connectivity index (χ4v) is 2.95. The van der Waals surface area contributed by atoms with E-state index in [0.717, 1.165) is 18.8 Å². The van der Waals surface area contributed by atoms with Crippen LogP contribution in [0, 0.1) is 5.92 Å². The first kappa shape index (κ1) is 12.4. The molecule has 1 aliphatic carbocycles. The summed E-state index contributed by atoms with van der Waals surface area (Å²) in [7, 11) is 0. The molecule has 0 bridgehead atoms. The molecule has 2 N–H and O–H groups in total. The molecular formula is C16H21N3. The predicted molar refractivity (Wildman–Crippen MR) is 76.9 cm³/mol. The summed E-state index contributed by atoms with van der Waals surface area (Å²) >= 11 is 0. The quantitative estimate of drug-likeness (QED) is 0.892. The topological polar surface area (TPSA) is 43.8 Å². The molecule has 19 heavy (non-hydrogen) atoms. The number of benzene rings is 1. The summed E-state index contributed by atoms with van der Waals surface area (Å²) in [5.41, 5.74) is 7.80. The van der Waals surface area contributed by atoms with Gasteiger partial charge in [0.05, 0.1) is 0 Å². The Labute approximate surface area is 114 Å². The van der Waals surface area contributed by atoms with Crippen molar-refractivity contribution in [2.45, 2.75) is 38.3 Å². The van der Waals surface area contributed by atoms with Gasteiger partial charge in [0.25, 0.3) is 0 Å². The Balaban J connectivity index is 1.63. The van der Waals surface area contributed by atoms with Gasteiger partial charge in [-0.15, -0.1) is 0 Å². The van der Waals surface area contributed by atoms with Crippen LogP contribution in [0.15, 0.2) is 42.7 Å². The van der Waals surface area contributed by atoms with E-state index in [0.29, 0.717) is 11.8 Å². The van der Waals surface area contributed by atoms with Gasteiger partial charge in [0.15, 0.2) is 0 Å². The number of aromatic nitrogens is 2. The van der Waals surface area contributed by atoms with Crippen LogP contribution < -0.4 is 5.73 Å². The van der Waals surface area contributed by atoms with Crippen LogP contribution in [0.1, 0.15) is 30.7 Å². The highest BCUT2D eigenvalue weighted by Crippen LogP contribution is 2.49. The minimum atomic E-state index is 0.220. The molecule has 3 unspecified atom stereocenters. The third-order valence-corrected chi connectivity index (χ3v) is 4.18. The zero-order chi connectivity index (χ0) is 13.2. The minimum Gasteiger partial charge on any atom is -0.335 e. The average Bonchev–Trinajstić information content (AvgIpc) is 3.14. The Morgan fingerprint density at radius 1 is 1.37 bits per heavy atom. The van der Waals surface area contributed by atoms with E-state index in [-0.39, 0.29) is 6.04 Å². The third-order valence-electron chi connectivity index (χ3n) is 4.18.